The second-order valence-electron chi connectivity index (χ2n) is 4.04. The Morgan fingerprint density at radius 1 is 1.39 bits per heavy atom. The van der Waals surface area contributed by atoms with Crippen LogP contribution in [0.5, 0.6) is 0 Å². The fraction of sp³-hybridized carbons (Fsp3) is 0.462. The minimum atomic E-state index is -3.54. The van der Waals surface area contributed by atoms with Crippen LogP contribution in [0.15, 0.2) is 41.2 Å². The first-order chi connectivity index (χ1) is 8.60. The summed E-state index contributed by atoms with van der Waals surface area (Å²) in [4.78, 5) is 3.86. The average Bonchev–Trinajstić information content (AvgIpc) is 2.38. The largest absolute Gasteiger partial charge is 0.282 e. The van der Waals surface area contributed by atoms with Gasteiger partial charge in [0.15, 0.2) is 5.03 Å². The Labute approximate surface area is 109 Å². The molecule has 0 saturated carbocycles. The first-order valence-electron chi connectivity index (χ1n) is 6.19. The van der Waals surface area contributed by atoms with Crippen LogP contribution in [-0.4, -0.2) is 13.4 Å². The zero-order valence-electron chi connectivity index (χ0n) is 10.9. The molecular weight excluding hydrogens is 248 g/mol. The number of pyridine rings is 1. The minimum Gasteiger partial charge on any atom is -0.282 e. The summed E-state index contributed by atoms with van der Waals surface area (Å²) in [5.74, 6) is 0. The summed E-state index contributed by atoms with van der Waals surface area (Å²) < 4.78 is 26.6. The maximum atomic E-state index is 12.0. The summed E-state index contributed by atoms with van der Waals surface area (Å²) in [6.07, 6.45) is 7.22. The predicted molar refractivity (Wildman–Crippen MR) is 72.5 cm³/mol. The van der Waals surface area contributed by atoms with Gasteiger partial charge in [0.2, 0.25) is 0 Å². The van der Waals surface area contributed by atoms with Crippen molar-refractivity contribution >= 4 is 10.0 Å². The van der Waals surface area contributed by atoms with E-state index in [1.807, 2.05) is 6.92 Å². The molecule has 5 heteroatoms. The third-order valence-electron chi connectivity index (χ3n) is 2.58. The van der Waals surface area contributed by atoms with Gasteiger partial charge in [0.1, 0.15) is 0 Å². The van der Waals surface area contributed by atoms with Crippen LogP contribution in [0.4, 0.5) is 0 Å². The molecule has 0 aliphatic carbocycles. The van der Waals surface area contributed by atoms with Crippen LogP contribution in [0.1, 0.15) is 39.5 Å². The van der Waals surface area contributed by atoms with E-state index in [1.165, 1.54) is 12.3 Å². The molecule has 0 spiro atoms. The van der Waals surface area contributed by atoms with Crippen molar-refractivity contribution in [2.75, 3.05) is 0 Å². The number of rotatable bonds is 7. The third-order valence-corrected chi connectivity index (χ3v) is 3.90. The van der Waals surface area contributed by atoms with Gasteiger partial charge in [-0.3, -0.25) is 4.72 Å². The third kappa shape index (κ3) is 4.49. The smallest absolute Gasteiger partial charge is 0.279 e. The van der Waals surface area contributed by atoms with Crippen molar-refractivity contribution in [1.82, 2.24) is 9.71 Å². The number of allylic oxidation sites excluding steroid dienone is 2. The second-order valence-corrected chi connectivity index (χ2v) is 5.67. The van der Waals surface area contributed by atoms with Gasteiger partial charge in [0.25, 0.3) is 10.0 Å². The maximum absolute atomic E-state index is 12.0. The Morgan fingerprint density at radius 3 is 2.72 bits per heavy atom. The van der Waals surface area contributed by atoms with Gasteiger partial charge in [-0.05, 0) is 31.9 Å². The van der Waals surface area contributed by atoms with Crippen molar-refractivity contribution < 1.29 is 8.42 Å². The Bertz CT molecular complexity index is 481. The summed E-state index contributed by atoms with van der Waals surface area (Å²) in [5, 5.41) is 0.0554. The molecule has 1 aromatic heterocycles. The normalized spacial score (nSPS) is 12.4. The molecule has 100 valence electrons. The van der Waals surface area contributed by atoms with Gasteiger partial charge in [-0.2, -0.15) is 8.42 Å². The van der Waals surface area contributed by atoms with Gasteiger partial charge in [-0.15, -0.1) is 0 Å². The topological polar surface area (TPSA) is 59.1 Å². The monoisotopic (exact) mass is 268 g/mol. The zero-order valence-corrected chi connectivity index (χ0v) is 11.7. The highest BCUT2D eigenvalue weighted by Crippen LogP contribution is 2.11. The lowest BCUT2D eigenvalue weighted by Gasteiger charge is -2.10. The first-order valence-corrected chi connectivity index (χ1v) is 7.67. The summed E-state index contributed by atoms with van der Waals surface area (Å²) in [6, 6.07) is 4.84. The van der Waals surface area contributed by atoms with Crippen molar-refractivity contribution in [2.45, 2.75) is 44.6 Å². The molecule has 4 nitrogen and oxygen atoms in total. The molecule has 0 radical (unpaired) electrons. The number of hydrogen-bond acceptors (Lipinski definition) is 3. The molecule has 1 aromatic rings. The molecule has 1 heterocycles. The van der Waals surface area contributed by atoms with Crippen LogP contribution >= 0.6 is 0 Å². The molecule has 0 aliphatic rings. The van der Waals surface area contributed by atoms with Gasteiger partial charge >= 0.3 is 0 Å². The number of nitrogens with zero attached hydrogens (tertiary/aromatic N) is 1. The van der Waals surface area contributed by atoms with E-state index in [2.05, 4.69) is 16.6 Å². The number of hydrogen-bond donors (Lipinski definition) is 1. The molecular formula is C13H20N2O2S. The number of sulfonamides is 1. The van der Waals surface area contributed by atoms with E-state index in [0.29, 0.717) is 0 Å². The quantitative estimate of drug-likeness (QED) is 0.774. The fourth-order valence-corrected chi connectivity index (χ4v) is 2.68. The summed E-state index contributed by atoms with van der Waals surface area (Å²) >= 11 is 0. The van der Waals surface area contributed by atoms with Crippen molar-refractivity contribution in [3.63, 3.8) is 0 Å². The Hall–Kier alpha value is -1.36. The van der Waals surface area contributed by atoms with Crippen LogP contribution in [0.25, 0.3) is 0 Å². The molecule has 0 aromatic carbocycles. The highest BCUT2D eigenvalue weighted by molar-refractivity contribution is 7.89. The Kier molecular flexibility index (Phi) is 5.85. The zero-order chi connectivity index (χ0) is 13.4. The Balaban J connectivity index is 2.70. The van der Waals surface area contributed by atoms with Gasteiger partial charge in [0.05, 0.1) is 0 Å². The van der Waals surface area contributed by atoms with Crippen molar-refractivity contribution in [3.05, 3.63) is 36.2 Å². The SMILES string of the molecule is CC=C(CCCCC)NS(=O)(=O)c1ccccn1. The van der Waals surface area contributed by atoms with Gasteiger partial charge in [-0.25, -0.2) is 4.98 Å². The van der Waals surface area contributed by atoms with E-state index in [9.17, 15) is 8.42 Å². The van der Waals surface area contributed by atoms with Gasteiger partial charge in [-0.1, -0.05) is 31.9 Å². The van der Waals surface area contributed by atoms with Crippen LogP contribution in [-0.2, 0) is 10.0 Å². The van der Waals surface area contributed by atoms with Gasteiger partial charge in [0, 0.05) is 11.9 Å². The molecule has 0 amide bonds. The highest BCUT2D eigenvalue weighted by atomic mass is 32.2. The number of nitrogens with one attached hydrogen (secondary N) is 1. The summed E-state index contributed by atoms with van der Waals surface area (Å²) in [6.45, 7) is 3.95. The van der Waals surface area contributed by atoms with E-state index in [4.69, 9.17) is 0 Å². The molecule has 1 N–H and O–H groups in total. The van der Waals surface area contributed by atoms with Crippen LogP contribution in [0.3, 0.4) is 0 Å². The van der Waals surface area contributed by atoms with Crippen LogP contribution in [0, 0.1) is 0 Å². The van der Waals surface area contributed by atoms with Crippen LogP contribution in [0.2, 0.25) is 0 Å². The van der Waals surface area contributed by atoms with Crippen LogP contribution < -0.4 is 4.72 Å². The molecule has 0 saturated heterocycles. The summed E-state index contributed by atoms with van der Waals surface area (Å²) in [5.41, 5.74) is 0.731. The second kappa shape index (κ2) is 7.16. The lowest BCUT2D eigenvalue weighted by Crippen LogP contribution is -2.24. The minimum absolute atomic E-state index is 0.0554. The summed E-state index contributed by atoms with van der Waals surface area (Å²) in [7, 11) is -3.54. The standard InChI is InChI=1S/C13H20N2O2S/c1-3-5-6-9-12(4-2)15-18(16,17)13-10-7-8-11-14-13/h4,7-8,10-11,15H,3,5-6,9H2,1-2H3. The lowest BCUT2D eigenvalue weighted by molar-refractivity contribution is 0.581. The van der Waals surface area contributed by atoms with Crippen molar-refractivity contribution in [1.29, 1.82) is 0 Å². The molecule has 18 heavy (non-hydrogen) atoms. The van der Waals surface area contributed by atoms with Crippen molar-refractivity contribution in [3.8, 4) is 0 Å². The highest BCUT2D eigenvalue weighted by Gasteiger charge is 2.15. The fourth-order valence-electron chi connectivity index (χ4n) is 1.55. The first kappa shape index (κ1) is 14.7. The van der Waals surface area contributed by atoms with E-state index in [-0.39, 0.29) is 5.03 Å². The van der Waals surface area contributed by atoms with E-state index in [0.717, 1.165) is 31.4 Å². The molecule has 0 fully saturated rings. The maximum Gasteiger partial charge on any atom is 0.279 e. The molecule has 0 unspecified atom stereocenters. The Morgan fingerprint density at radius 2 is 2.17 bits per heavy atom. The molecule has 1 rings (SSSR count). The number of aromatic nitrogens is 1. The molecule has 0 aliphatic heterocycles. The van der Waals surface area contributed by atoms with E-state index in [1.54, 1.807) is 18.2 Å². The molecule has 0 atom stereocenters. The molecule has 0 bridgehead atoms. The average molecular weight is 268 g/mol. The van der Waals surface area contributed by atoms with Crippen molar-refractivity contribution in [2.24, 2.45) is 0 Å². The van der Waals surface area contributed by atoms with E-state index >= 15 is 0 Å². The lowest BCUT2D eigenvalue weighted by atomic mass is 10.2. The predicted octanol–water partition coefficient (Wildman–Crippen LogP) is 2.84. The van der Waals surface area contributed by atoms with Gasteiger partial charge < -0.3 is 0 Å². The number of unbranched alkanes of at least 4 members (excludes halogenated alkanes) is 2. The van der Waals surface area contributed by atoms with E-state index < -0.39 is 10.0 Å².